The van der Waals surface area contributed by atoms with Crippen LogP contribution in [0, 0.1) is 5.82 Å². The van der Waals surface area contributed by atoms with Gasteiger partial charge in [-0.15, -0.1) is 8.78 Å². The van der Waals surface area contributed by atoms with Gasteiger partial charge in [0.1, 0.15) is 35.0 Å². The van der Waals surface area contributed by atoms with Crippen molar-refractivity contribution < 1.29 is 41.7 Å². The fourth-order valence-corrected chi connectivity index (χ4v) is 6.27. The quantitative estimate of drug-likeness (QED) is 0.138. The maximum Gasteiger partial charge on any atom is 0.586 e. The number of rotatable bonds is 10. The highest BCUT2D eigenvalue weighted by Gasteiger charge is 2.47. The molecule has 1 saturated carbocycles. The molecule has 4 aromatic rings. The topological polar surface area (TPSA) is 160 Å². The number of fused-ring (bicyclic) bond motifs is 2. The van der Waals surface area contributed by atoms with Crippen LogP contribution >= 0.6 is 11.6 Å². The maximum atomic E-state index is 14.1. The molecule has 0 saturated heterocycles. The molecular weight excluding hydrogens is 691 g/mol. The van der Waals surface area contributed by atoms with Gasteiger partial charge in [0.15, 0.2) is 11.5 Å². The lowest BCUT2D eigenvalue weighted by atomic mass is 9.81. The number of pyridine rings is 1. The molecule has 2 atom stereocenters. The number of nitrogens with one attached hydrogen (secondary N) is 1. The summed E-state index contributed by atoms with van der Waals surface area (Å²) in [7, 11) is 1.44. The largest absolute Gasteiger partial charge is 0.586 e. The number of amides is 2. The van der Waals surface area contributed by atoms with E-state index in [1.54, 1.807) is 37.4 Å². The van der Waals surface area contributed by atoms with E-state index in [2.05, 4.69) is 19.8 Å². The van der Waals surface area contributed by atoms with Gasteiger partial charge in [0.2, 0.25) is 5.91 Å². The van der Waals surface area contributed by atoms with Gasteiger partial charge in [-0.3, -0.25) is 14.6 Å². The minimum Gasteiger partial charge on any atom is -0.495 e. The number of nitrogens with two attached hydrogens (primary N) is 2. The van der Waals surface area contributed by atoms with Crippen molar-refractivity contribution in [1.82, 2.24) is 10.3 Å². The van der Waals surface area contributed by atoms with Crippen molar-refractivity contribution in [1.29, 1.82) is 0 Å². The zero-order chi connectivity index (χ0) is 36.2. The third-order valence-corrected chi connectivity index (χ3v) is 9.50. The summed E-state index contributed by atoms with van der Waals surface area (Å²) in [5.74, 6) is -2.64. The van der Waals surface area contributed by atoms with E-state index in [1.165, 1.54) is 37.4 Å². The van der Waals surface area contributed by atoms with Crippen LogP contribution in [-0.2, 0) is 10.2 Å². The highest BCUT2D eigenvalue weighted by molar-refractivity contribution is 6.35. The molecule has 2 amide bonds. The monoisotopic (exact) mass is 721 g/mol. The molecule has 1 aromatic heterocycles. The summed E-state index contributed by atoms with van der Waals surface area (Å²) in [5, 5.41) is 2.69. The minimum absolute atomic E-state index is 0.0664. The number of nitrogen functional groups attached to an aromatic ring is 1. The van der Waals surface area contributed by atoms with Crippen LogP contribution in [0.4, 0.5) is 18.9 Å². The summed E-state index contributed by atoms with van der Waals surface area (Å²) in [6.45, 7) is 1.40. The van der Waals surface area contributed by atoms with Gasteiger partial charge >= 0.3 is 6.29 Å². The van der Waals surface area contributed by atoms with Crippen molar-refractivity contribution in [2.24, 2.45) is 10.7 Å². The van der Waals surface area contributed by atoms with Crippen LogP contribution in [0.2, 0.25) is 5.02 Å². The van der Waals surface area contributed by atoms with Gasteiger partial charge in [-0.2, -0.15) is 0 Å². The number of nitrogens with zero attached hydrogens (tertiary/aromatic N) is 2. The number of primary amides is 1. The minimum atomic E-state index is -3.94. The molecular formula is C36H31ClF3N5O6. The number of ether oxygens (including phenoxy) is 4. The zero-order valence-corrected chi connectivity index (χ0v) is 28.0. The fraction of sp³-hybridized carbons (Fsp3) is 0.278. The van der Waals surface area contributed by atoms with Gasteiger partial charge in [-0.25, -0.2) is 9.37 Å². The molecule has 1 fully saturated rings. The Bertz CT molecular complexity index is 2110. The normalized spacial score (nSPS) is 19.0. The van der Waals surface area contributed by atoms with E-state index in [4.69, 9.17) is 37.5 Å². The Morgan fingerprint density at radius 2 is 1.88 bits per heavy atom. The van der Waals surface area contributed by atoms with E-state index in [1.807, 2.05) is 0 Å². The summed E-state index contributed by atoms with van der Waals surface area (Å²) in [4.78, 5) is 35.9. The molecule has 5 N–H and O–H groups in total. The summed E-state index contributed by atoms with van der Waals surface area (Å²) in [6.07, 6.45) is -0.339. The molecule has 0 bridgehead atoms. The Balaban J connectivity index is 1.31. The van der Waals surface area contributed by atoms with Crippen molar-refractivity contribution in [3.8, 4) is 34.3 Å². The van der Waals surface area contributed by atoms with Crippen LogP contribution in [0.15, 0.2) is 59.6 Å². The van der Waals surface area contributed by atoms with Crippen molar-refractivity contribution in [3.05, 3.63) is 93.4 Å². The Kier molecular flexibility index (Phi) is 8.44. The van der Waals surface area contributed by atoms with Gasteiger partial charge in [0.25, 0.3) is 5.91 Å². The third kappa shape index (κ3) is 6.35. The first-order valence-electron chi connectivity index (χ1n) is 15.9. The second-order valence-electron chi connectivity index (χ2n) is 12.7. The van der Waals surface area contributed by atoms with E-state index in [9.17, 15) is 22.8 Å². The number of anilines is 1. The Labute approximate surface area is 294 Å². The fourth-order valence-electron chi connectivity index (χ4n) is 5.98. The van der Waals surface area contributed by atoms with Crippen molar-refractivity contribution in [2.45, 2.75) is 43.4 Å². The lowest BCUT2D eigenvalue weighted by Gasteiger charge is -2.23. The third-order valence-electron chi connectivity index (χ3n) is 9.13. The van der Waals surface area contributed by atoms with Crippen LogP contribution in [0.3, 0.4) is 0 Å². The number of alkyl halides is 2. The molecule has 3 heterocycles. The molecule has 3 aliphatic rings. The zero-order valence-electron chi connectivity index (χ0n) is 27.3. The van der Waals surface area contributed by atoms with E-state index in [0.29, 0.717) is 33.8 Å². The predicted molar refractivity (Wildman–Crippen MR) is 182 cm³/mol. The van der Waals surface area contributed by atoms with Gasteiger partial charge in [-0.05, 0) is 67.8 Å². The van der Waals surface area contributed by atoms with Gasteiger partial charge in [0, 0.05) is 40.9 Å². The van der Waals surface area contributed by atoms with Gasteiger partial charge < -0.3 is 35.7 Å². The van der Waals surface area contributed by atoms with Gasteiger partial charge in [-0.1, -0.05) is 23.7 Å². The molecule has 51 heavy (non-hydrogen) atoms. The standard InChI is InChI=1S/C36H31ClF3N5O6/c1-35(34(42)47)16-49-31-24(35)13-25(45-30(31)22-9-10-26-32(28(22)37)51-36(39,40)50-26)23(17-3-5-20(38)6-4-17)15-44-33(46)18-11-19(14-43-21-7-8-21)29(41)27(12-18)48-2/h3-6,9-14,21,23H,7-8,15-16,41H2,1-2H3,(H2,42,47)(H,44,46)/t23-,35-/m0/s1. The lowest BCUT2D eigenvalue weighted by Crippen LogP contribution is -2.40. The molecule has 264 valence electrons. The summed E-state index contributed by atoms with van der Waals surface area (Å²) < 4.78 is 62.8. The summed E-state index contributed by atoms with van der Waals surface area (Å²) in [6, 6.07) is 13.3. The number of hydrogen-bond donors (Lipinski definition) is 3. The average Bonchev–Trinajstić information content (AvgIpc) is 3.78. The number of carbonyl (C=O) groups is 2. The lowest BCUT2D eigenvalue weighted by molar-refractivity contribution is -0.286. The van der Waals surface area contributed by atoms with Crippen LogP contribution < -0.4 is 35.7 Å². The van der Waals surface area contributed by atoms with E-state index in [0.717, 1.165) is 12.8 Å². The molecule has 7 rings (SSSR count). The molecule has 11 nitrogen and oxygen atoms in total. The van der Waals surface area contributed by atoms with Gasteiger partial charge in [0.05, 0.1) is 29.6 Å². The molecule has 2 aliphatic heterocycles. The first-order chi connectivity index (χ1) is 24.3. The second kappa shape index (κ2) is 12.7. The van der Waals surface area contributed by atoms with Crippen molar-refractivity contribution in [3.63, 3.8) is 0 Å². The Morgan fingerprint density at radius 1 is 1.14 bits per heavy atom. The number of aromatic nitrogens is 1. The smallest absolute Gasteiger partial charge is 0.495 e. The van der Waals surface area contributed by atoms with Crippen molar-refractivity contribution in [2.75, 3.05) is 26.0 Å². The van der Waals surface area contributed by atoms with E-state index >= 15 is 0 Å². The predicted octanol–water partition coefficient (Wildman–Crippen LogP) is 5.73. The highest BCUT2D eigenvalue weighted by atomic mass is 35.5. The molecule has 1 aliphatic carbocycles. The Morgan fingerprint density at radius 3 is 2.57 bits per heavy atom. The number of carbonyl (C=O) groups excluding carboxylic acids is 2. The molecule has 15 heteroatoms. The van der Waals surface area contributed by atoms with Crippen molar-refractivity contribution >= 4 is 35.3 Å². The molecule has 0 unspecified atom stereocenters. The first kappa shape index (κ1) is 34.0. The summed E-state index contributed by atoms with van der Waals surface area (Å²) in [5.41, 5.74) is 13.4. The van der Waals surface area contributed by atoms with Crippen LogP contribution in [0.1, 0.15) is 58.4 Å². The number of halogens is 4. The Hall–Kier alpha value is -5.50. The molecule has 0 spiro atoms. The highest BCUT2D eigenvalue weighted by Crippen LogP contribution is 2.52. The van der Waals surface area contributed by atoms with Crippen LogP contribution in [0.5, 0.6) is 23.0 Å². The van der Waals surface area contributed by atoms with E-state index in [-0.39, 0.29) is 52.5 Å². The summed E-state index contributed by atoms with van der Waals surface area (Å²) >= 11 is 6.63. The number of hydrogen-bond acceptors (Lipinski definition) is 9. The van der Waals surface area contributed by atoms with Crippen LogP contribution in [-0.4, -0.2) is 55.6 Å². The first-order valence-corrected chi connectivity index (χ1v) is 16.3. The number of benzene rings is 3. The number of methoxy groups -OCH3 is 1. The van der Waals surface area contributed by atoms with E-state index < -0.39 is 41.0 Å². The maximum absolute atomic E-state index is 14.1. The average molecular weight is 722 g/mol. The molecule has 3 aromatic carbocycles. The SMILES string of the molecule is COc1cc(C(=O)NC[C@@H](c2ccc(F)cc2)c2cc3c(c(-c4ccc5c(c4Cl)OC(F)(F)O5)n2)OC[C@]3(C)C(N)=O)cc(C=NC2CC2)c1N. The number of aliphatic imine (C=N–C) groups is 1. The molecule has 0 radical (unpaired) electrons. The second-order valence-corrected chi connectivity index (χ2v) is 13.1. The van der Waals surface area contributed by atoms with Crippen LogP contribution in [0.25, 0.3) is 11.3 Å².